The second kappa shape index (κ2) is 5.85. The minimum atomic E-state index is -0.749. The summed E-state index contributed by atoms with van der Waals surface area (Å²) in [6.45, 7) is 3.44. The number of nitrogens with zero attached hydrogens (tertiary/aromatic N) is 1. The van der Waals surface area contributed by atoms with Crippen LogP contribution in [0.15, 0.2) is 36.4 Å². The summed E-state index contributed by atoms with van der Waals surface area (Å²) in [5.74, 6) is -0.749. The Hall–Kier alpha value is -1.87. The van der Waals surface area contributed by atoms with Gasteiger partial charge in [-0.2, -0.15) is 0 Å². The van der Waals surface area contributed by atoms with Crippen molar-refractivity contribution in [1.82, 2.24) is 4.90 Å². The fraction of sp³-hybridized carbons (Fsp3) is 0.312. The second-order valence-corrected chi connectivity index (χ2v) is 5.07. The fourth-order valence-corrected chi connectivity index (χ4v) is 2.19. The van der Waals surface area contributed by atoms with E-state index < -0.39 is 5.97 Å². The van der Waals surface area contributed by atoms with Gasteiger partial charge in [-0.1, -0.05) is 35.9 Å². The normalized spacial score (nSPS) is 11.1. The van der Waals surface area contributed by atoms with Crippen LogP contribution < -0.4 is 0 Å². The lowest BCUT2D eigenvalue weighted by Crippen LogP contribution is -2.21. The lowest BCUT2D eigenvalue weighted by molar-refractivity contribution is -0.137. The molecular weight excluding hydrogens is 238 g/mol. The number of hydrogen-bond acceptors (Lipinski definition) is 2. The maximum Gasteiger partial charge on any atom is 0.304 e. The Kier molecular flexibility index (Phi) is 4.17. The lowest BCUT2D eigenvalue weighted by Gasteiger charge is -2.15. The van der Waals surface area contributed by atoms with E-state index in [9.17, 15) is 4.79 Å². The Morgan fingerprint density at radius 1 is 1.16 bits per heavy atom. The Labute approximate surface area is 113 Å². The van der Waals surface area contributed by atoms with Gasteiger partial charge in [-0.3, -0.25) is 4.79 Å². The largest absolute Gasteiger partial charge is 0.481 e. The van der Waals surface area contributed by atoms with E-state index in [0.29, 0.717) is 6.54 Å². The number of rotatable bonds is 5. The molecule has 0 unspecified atom stereocenters. The molecule has 0 amide bonds. The van der Waals surface area contributed by atoms with Gasteiger partial charge < -0.3 is 10.0 Å². The Morgan fingerprint density at radius 2 is 1.84 bits per heavy atom. The number of carbonyl (C=O) groups is 1. The summed E-state index contributed by atoms with van der Waals surface area (Å²) in [5, 5.41) is 11.1. The van der Waals surface area contributed by atoms with Crippen LogP contribution in [0, 0.1) is 6.92 Å². The third-order valence-electron chi connectivity index (χ3n) is 3.22. The van der Waals surface area contributed by atoms with Gasteiger partial charge >= 0.3 is 5.97 Å². The lowest BCUT2D eigenvalue weighted by atomic mass is 10.0. The van der Waals surface area contributed by atoms with Crippen LogP contribution in [0.25, 0.3) is 10.8 Å². The van der Waals surface area contributed by atoms with Crippen LogP contribution in [0.4, 0.5) is 0 Å². The number of fused-ring (bicyclic) bond motifs is 1. The molecule has 0 atom stereocenters. The van der Waals surface area contributed by atoms with Gasteiger partial charge in [-0.15, -0.1) is 0 Å². The highest BCUT2D eigenvalue weighted by atomic mass is 16.4. The number of aryl methyl sites for hydroxylation is 1. The molecule has 0 aromatic heterocycles. The number of carboxylic acid groups (broad SMARTS) is 1. The topological polar surface area (TPSA) is 40.5 Å². The van der Waals surface area contributed by atoms with E-state index in [-0.39, 0.29) is 6.42 Å². The van der Waals surface area contributed by atoms with Gasteiger partial charge in [0.15, 0.2) is 0 Å². The van der Waals surface area contributed by atoms with Crippen molar-refractivity contribution >= 4 is 16.7 Å². The van der Waals surface area contributed by atoms with Crippen molar-refractivity contribution in [2.24, 2.45) is 0 Å². The minimum Gasteiger partial charge on any atom is -0.481 e. The summed E-state index contributed by atoms with van der Waals surface area (Å²) < 4.78 is 0. The summed E-state index contributed by atoms with van der Waals surface area (Å²) in [5.41, 5.74) is 2.48. The smallest absolute Gasteiger partial charge is 0.304 e. The van der Waals surface area contributed by atoms with E-state index in [1.54, 1.807) is 0 Å². The van der Waals surface area contributed by atoms with Crippen molar-refractivity contribution in [3.05, 3.63) is 47.5 Å². The molecule has 0 bridgehead atoms. The molecule has 1 N–H and O–H groups in total. The van der Waals surface area contributed by atoms with Crippen molar-refractivity contribution in [2.45, 2.75) is 19.9 Å². The highest BCUT2D eigenvalue weighted by Gasteiger charge is 2.04. The molecular formula is C16H19NO2. The zero-order valence-corrected chi connectivity index (χ0v) is 11.4. The zero-order valence-electron chi connectivity index (χ0n) is 11.4. The molecule has 3 heteroatoms. The molecule has 2 aromatic carbocycles. The molecule has 2 aromatic rings. The highest BCUT2D eigenvalue weighted by molar-refractivity contribution is 5.83. The van der Waals surface area contributed by atoms with E-state index in [1.165, 1.54) is 21.9 Å². The first-order valence-electron chi connectivity index (χ1n) is 6.44. The van der Waals surface area contributed by atoms with Crippen molar-refractivity contribution in [1.29, 1.82) is 0 Å². The summed E-state index contributed by atoms with van der Waals surface area (Å²) in [4.78, 5) is 12.6. The average molecular weight is 257 g/mol. The maximum absolute atomic E-state index is 10.5. The molecule has 2 rings (SSSR count). The van der Waals surface area contributed by atoms with Crippen molar-refractivity contribution < 1.29 is 9.90 Å². The van der Waals surface area contributed by atoms with Crippen molar-refractivity contribution in [3.63, 3.8) is 0 Å². The summed E-state index contributed by atoms with van der Waals surface area (Å²) in [6.07, 6.45) is 0.184. The van der Waals surface area contributed by atoms with Gasteiger partial charge in [0.2, 0.25) is 0 Å². The number of carboxylic acids is 1. The maximum atomic E-state index is 10.5. The van der Waals surface area contributed by atoms with Crippen LogP contribution in [0.2, 0.25) is 0 Å². The van der Waals surface area contributed by atoms with Gasteiger partial charge in [-0.25, -0.2) is 0 Å². The van der Waals surface area contributed by atoms with E-state index in [4.69, 9.17) is 5.11 Å². The molecule has 0 saturated heterocycles. The molecule has 0 aliphatic carbocycles. The minimum absolute atomic E-state index is 0.184. The Bertz CT molecular complexity index is 592. The van der Waals surface area contributed by atoms with E-state index in [2.05, 4.69) is 43.3 Å². The monoisotopic (exact) mass is 257 g/mol. The molecule has 0 aliphatic heterocycles. The van der Waals surface area contributed by atoms with Gasteiger partial charge in [-0.05, 0) is 36.4 Å². The summed E-state index contributed by atoms with van der Waals surface area (Å²) in [6, 6.07) is 12.8. The van der Waals surface area contributed by atoms with Crippen molar-refractivity contribution in [3.8, 4) is 0 Å². The first-order chi connectivity index (χ1) is 9.04. The standard InChI is InChI=1S/C16H19NO2/c1-12-3-5-15-10-13(4-6-14(15)9-12)11-17(2)8-7-16(18)19/h3-6,9-10H,7-8,11H2,1-2H3,(H,18,19). The van der Waals surface area contributed by atoms with Gasteiger partial charge in [0.05, 0.1) is 6.42 Å². The third-order valence-corrected chi connectivity index (χ3v) is 3.22. The number of benzene rings is 2. The predicted molar refractivity (Wildman–Crippen MR) is 77.3 cm³/mol. The first-order valence-corrected chi connectivity index (χ1v) is 6.44. The molecule has 0 spiro atoms. The quantitative estimate of drug-likeness (QED) is 0.895. The summed E-state index contributed by atoms with van der Waals surface area (Å²) >= 11 is 0. The number of aliphatic carboxylic acids is 1. The zero-order chi connectivity index (χ0) is 13.8. The third kappa shape index (κ3) is 3.80. The molecule has 0 heterocycles. The van der Waals surface area contributed by atoms with Crippen LogP contribution in [0.5, 0.6) is 0 Å². The predicted octanol–water partition coefficient (Wildman–Crippen LogP) is 3.05. The highest BCUT2D eigenvalue weighted by Crippen LogP contribution is 2.18. The molecule has 0 fully saturated rings. The first kappa shape index (κ1) is 13.6. The van der Waals surface area contributed by atoms with E-state index in [0.717, 1.165) is 6.54 Å². The van der Waals surface area contributed by atoms with Crippen LogP contribution in [0.1, 0.15) is 17.5 Å². The second-order valence-electron chi connectivity index (χ2n) is 5.07. The molecule has 0 aliphatic rings. The van der Waals surface area contributed by atoms with E-state index >= 15 is 0 Å². The van der Waals surface area contributed by atoms with Crippen LogP contribution in [-0.2, 0) is 11.3 Å². The molecule has 19 heavy (non-hydrogen) atoms. The molecule has 0 radical (unpaired) electrons. The van der Waals surface area contributed by atoms with Gasteiger partial charge in [0.1, 0.15) is 0 Å². The molecule has 3 nitrogen and oxygen atoms in total. The van der Waals surface area contributed by atoms with Gasteiger partial charge in [0.25, 0.3) is 0 Å². The fourth-order valence-electron chi connectivity index (χ4n) is 2.19. The van der Waals surface area contributed by atoms with E-state index in [1.807, 2.05) is 11.9 Å². The summed E-state index contributed by atoms with van der Waals surface area (Å²) in [7, 11) is 1.95. The number of hydrogen-bond donors (Lipinski definition) is 1. The molecule has 0 saturated carbocycles. The Balaban J connectivity index is 2.08. The molecule has 100 valence electrons. The van der Waals surface area contributed by atoms with Crippen molar-refractivity contribution in [2.75, 3.05) is 13.6 Å². The van der Waals surface area contributed by atoms with Gasteiger partial charge in [0, 0.05) is 13.1 Å². The van der Waals surface area contributed by atoms with Crippen LogP contribution >= 0.6 is 0 Å². The SMILES string of the molecule is Cc1ccc2cc(CN(C)CCC(=O)O)ccc2c1. The average Bonchev–Trinajstić information content (AvgIpc) is 2.36. The van der Waals surface area contributed by atoms with Crippen LogP contribution in [-0.4, -0.2) is 29.6 Å². The van der Waals surface area contributed by atoms with Crippen LogP contribution in [0.3, 0.4) is 0 Å². The Morgan fingerprint density at radius 3 is 2.58 bits per heavy atom.